The van der Waals surface area contributed by atoms with Gasteiger partial charge in [-0.3, -0.25) is 0 Å². The van der Waals surface area contributed by atoms with E-state index in [1.165, 1.54) is 0 Å². The van der Waals surface area contributed by atoms with Crippen LogP contribution < -0.4 is 5.32 Å². The normalized spacial score (nSPS) is 13.4. The Morgan fingerprint density at radius 1 is 1.33 bits per heavy atom. The Kier molecular flexibility index (Phi) is 4.95. The van der Waals surface area contributed by atoms with Gasteiger partial charge in [0.15, 0.2) is 0 Å². The van der Waals surface area contributed by atoms with E-state index < -0.39 is 17.6 Å². The molecular weight excluding hydrogens is 250 g/mol. The third kappa shape index (κ3) is 4.18. The molecule has 1 unspecified atom stereocenters. The third-order valence-corrected chi connectivity index (χ3v) is 2.39. The van der Waals surface area contributed by atoms with Crippen molar-refractivity contribution in [3.05, 3.63) is 29.6 Å². The number of hydrogen-bond acceptors (Lipinski definition) is 2. The van der Waals surface area contributed by atoms with Crippen molar-refractivity contribution < 1.29 is 22.3 Å². The molecule has 0 heterocycles. The largest absolute Gasteiger partial charge is 0.416 e. The summed E-state index contributed by atoms with van der Waals surface area (Å²) in [6.45, 7) is 2.81. The van der Waals surface area contributed by atoms with Crippen LogP contribution >= 0.6 is 0 Å². The maximum Gasteiger partial charge on any atom is 0.416 e. The predicted octanol–water partition coefficient (Wildman–Crippen LogP) is 3.54. The first-order chi connectivity index (χ1) is 8.34. The Morgan fingerprint density at radius 3 is 2.50 bits per heavy atom. The molecule has 0 radical (unpaired) electrons. The van der Waals surface area contributed by atoms with Crippen molar-refractivity contribution >= 4 is 5.69 Å². The smallest absolute Gasteiger partial charge is 0.384 e. The van der Waals surface area contributed by atoms with Gasteiger partial charge in [-0.05, 0) is 24.1 Å². The molecule has 1 aromatic carbocycles. The summed E-state index contributed by atoms with van der Waals surface area (Å²) in [7, 11) is 1.55. The quantitative estimate of drug-likeness (QED) is 0.822. The molecule has 0 aliphatic heterocycles. The van der Waals surface area contributed by atoms with E-state index in [0.29, 0.717) is 19.2 Å². The summed E-state index contributed by atoms with van der Waals surface area (Å²) in [6.07, 6.45) is -4.53. The zero-order valence-corrected chi connectivity index (χ0v) is 10.1. The van der Waals surface area contributed by atoms with Gasteiger partial charge in [0.25, 0.3) is 0 Å². The fraction of sp³-hybridized carbons (Fsp3) is 0.500. The monoisotopic (exact) mass is 265 g/mol. The van der Waals surface area contributed by atoms with Gasteiger partial charge in [-0.25, -0.2) is 4.39 Å². The summed E-state index contributed by atoms with van der Waals surface area (Å²) in [5.74, 6) is -0.772. The number of alkyl halides is 3. The van der Waals surface area contributed by atoms with Crippen molar-refractivity contribution in [2.45, 2.75) is 13.1 Å². The van der Waals surface area contributed by atoms with Crippen LogP contribution in [-0.2, 0) is 10.9 Å². The van der Waals surface area contributed by atoms with Crippen molar-refractivity contribution in [1.29, 1.82) is 0 Å². The summed E-state index contributed by atoms with van der Waals surface area (Å²) < 4.78 is 55.3. The second-order valence-electron chi connectivity index (χ2n) is 4.13. The molecule has 0 aliphatic rings. The number of nitrogens with one attached hydrogen (secondary N) is 1. The summed E-state index contributed by atoms with van der Waals surface area (Å²) in [5.41, 5.74) is -0.929. The van der Waals surface area contributed by atoms with E-state index in [0.717, 1.165) is 12.1 Å². The average molecular weight is 265 g/mol. The summed E-state index contributed by atoms with van der Waals surface area (Å²) in [6, 6.07) is 2.44. The Balaban J connectivity index is 2.69. The highest BCUT2D eigenvalue weighted by Crippen LogP contribution is 2.31. The van der Waals surface area contributed by atoms with Crippen molar-refractivity contribution in [3.8, 4) is 0 Å². The number of halogens is 4. The number of hydrogen-bond donors (Lipinski definition) is 1. The van der Waals surface area contributed by atoms with E-state index in [1.807, 2.05) is 6.92 Å². The molecule has 0 aliphatic carbocycles. The van der Waals surface area contributed by atoms with Gasteiger partial charge in [-0.15, -0.1) is 0 Å². The molecule has 0 amide bonds. The highest BCUT2D eigenvalue weighted by Gasteiger charge is 2.31. The van der Waals surface area contributed by atoms with E-state index in [-0.39, 0.29) is 11.6 Å². The van der Waals surface area contributed by atoms with Gasteiger partial charge in [0.1, 0.15) is 5.82 Å². The Morgan fingerprint density at radius 2 is 2.00 bits per heavy atom. The minimum absolute atomic E-state index is 0.0611. The van der Waals surface area contributed by atoms with Crippen LogP contribution in [0.15, 0.2) is 18.2 Å². The SMILES string of the molecule is COCC(C)CNc1ccc(C(F)(F)F)cc1F. The maximum absolute atomic E-state index is 13.4. The third-order valence-electron chi connectivity index (χ3n) is 2.39. The number of rotatable bonds is 5. The molecule has 1 N–H and O–H groups in total. The zero-order valence-electron chi connectivity index (χ0n) is 10.1. The summed E-state index contributed by atoms with van der Waals surface area (Å²) >= 11 is 0. The summed E-state index contributed by atoms with van der Waals surface area (Å²) in [5, 5.41) is 2.75. The Bertz CT molecular complexity index is 392. The van der Waals surface area contributed by atoms with E-state index in [4.69, 9.17) is 4.74 Å². The molecule has 0 aromatic heterocycles. The van der Waals surface area contributed by atoms with Crippen LogP contribution in [0.2, 0.25) is 0 Å². The second kappa shape index (κ2) is 6.04. The number of benzene rings is 1. The van der Waals surface area contributed by atoms with Crippen LogP contribution in [0.4, 0.5) is 23.2 Å². The van der Waals surface area contributed by atoms with Crippen molar-refractivity contribution in [2.24, 2.45) is 5.92 Å². The lowest BCUT2D eigenvalue weighted by Crippen LogP contribution is -2.16. The van der Waals surface area contributed by atoms with Gasteiger partial charge in [0, 0.05) is 13.7 Å². The first-order valence-electron chi connectivity index (χ1n) is 5.44. The molecule has 0 bridgehead atoms. The molecule has 102 valence electrons. The van der Waals surface area contributed by atoms with Gasteiger partial charge in [-0.1, -0.05) is 6.92 Å². The lowest BCUT2D eigenvalue weighted by molar-refractivity contribution is -0.137. The predicted molar refractivity (Wildman–Crippen MR) is 60.9 cm³/mol. The van der Waals surface area contributed by atoms with Crippen LogP contribution in [0.3, 0.4) is 0 Å². The van der Waals surface area contributed by atoms with E-state index in [1.54, 1.807) is 7.11 Å². The Hall–Kier alpha value is -1.30. The molecular formula is C12H15F4NO. The van der Waals surface area contributed by atoms with E-state index in [2.05, 4.69) is 5.32 Å². The van der Waals surface area contributed by atoms with Crippen molar-refractivity contribution in [1.82, 2.24) is 0 Å². The van der Waals surface area contributed by atoms with Gasteiger partial charge in [0.2, 0.25) is 0 Å². The van der Waals surface area contributed by atoms with Gasteiger partial charge < -0.3 is 10.1 Å². The van der Waals surface area contributed by atoms with Crippen LogP contribution in [0, 0.1) is 11.7 Å². The van der Waals surface area contributed by atoms with Gasteiger partial charge >= 0.3 is 6.18 Å². The van der Waals surface area contributed by atoms with Crippen LogP contribution in [-0.4, -0.2) is 20.3 Å². The van der Waals surface area contributed by atoms with Crippen molar-refractivity contribution in [2.75, 3.05) is 25.6 Å². The number of methoxy groups -OCH3 is 1. The molecule has 2 nitrogen and oxygen atoms in total. The zero-order chi connectivity index (χ0) is 13.8. The van der Waals surface area contributed by atoms with E-state index >= 15 is 0 Å². The standard InChI is InChI=1S/C12H15F4NO/c1-8(7-18-2)6-17-11-4-3-9(5-10(11)13)12(14,15)16/h3-5,8,17H,6-7H2,1-2H3. The summed E-state index contributed by atoms with van der Waals surface area (Å²) in [4.78, 5) is 0. The molecule has 1 aromatic rings. The Labute approximate surface area is 103 Å². The van der Waals surface area contributed by atoms with Gasteiger partial charge in [-0.2, -0.15) is 13.2 Å². The first kappa shape index (κ1) is 14.8. The maximum atomic E-state index is 13.4. The highest BCUT2D eigenvalue weighted by atomic mass is 19.4. The molecule has 0 spiro atoms. The topological polar surface area (TPSA) is 21.3 Å². The second-order valence-corrected chi connectivity index (χ2v) is 4.13. The molecule has 0 fully saturated rings. The molecule has 18 heavy (non-hydrogen) atoms. The highest BCUT2D eigenvalue weighted by molar-refractivity contribution is 5.46. The minimum Gasteiger partial charge on any atom is -0.384 e. The molecule has 0 saturated heterocycles. The number of anilines is 1. The van der Waals surface area contributed by atoms with Crippen LogP contribution in [0.25, 0.3) is 0 Å². The lowest BCUT2D eigenvalue weighted by atomic mass is 10.1. The fourth-order valence-electron chi connectivity index (χ4n) is 1.46. The van der Waals surface area contributed by atoms with Crippen molar-refractivity contribution in [3.63, 3.8) is 0 Å². The lowest BCUT2D eigenvalue weighted by Gasteiger charge is -2.14. The average Bonchev–Trinajstić information content (AvgIpc) is 2.26. The van der Waals surface area contributed by atoms with Crippen LogP contribution in [0.5, 0.6) is 0 Å². The van der Waals surface area contributed by atoms with E-state index in [9.17, 15) is 17.6 Å². The molecule has 1 atom stereocenters. The number of ether oxygens (including phenoxy) is 1. The molecule has 1 rings (SSSR count). The van der Waals surface area contributed by atoms with Gasteiger partial charge in [0.05, 0.1) is 17.9 Å². The molecule has 6 heteroatoms. The minimum atomic E-state index is -4.53. The first-order valence-corrected chi connectivity index (χ1v) is 5.44. The van der Waals surface area contributed by atoms with Crippen LogP contribution in [0.1, 0.15) is 12.5 Å². The molecule has 0 saturated carbocycles. The fourth-order valence-corrected chi connectivity index (χ4v) is 1.46.